The second-order valence-corrected chi connectivity index (χ2v) is 2.88. The van der Waals surface area contributed by atoms with Crippen molar-refractivity contribution in [1.82, 2.24) is 0 Å². The average molecular weight is 206 g/mol. The molecule has 0 bridgehead atoms. The van der Waals surface area contributed by atoms with Crippen LogP contribution in [0.25, 0.3) is 0 Å². The largest absolute Gasteiger partial charge is 0.479 e. The van der Waals surface area contributed by atoms with Crippen molar-refractivity contribution in [2.24, 2.45) is 0 Å². The van der Waals surface area contributed by atoms with E-state index in [1.54, 1.807) is 14.0 Å². The number of methoxy groups -OCH3 is 1. The SMILES string of the molecule is CCOC(COC(C)COC)C(=O)O. The van der Waals surface area contributed by atoms with E-state index < -0.39 is 12.1 Å². The number of rotatable bonds is 8. The number of carboxylic acid groups (broad SMARTS) is 1. The highest BCUT2D eigenvalue weighted by Crippen LogP contribution is 1.98. The zero-order valence-corrected chi connectivity index (χ0v) is 8.86. The molecule has 0 aromatic carbocycles. The van der Waals surface area contributed by atoms with Crippen LogP contribution in [-0.2, 0) is 19.0 Å². The highest BCUT2D eigenvalue weighted by Gasteiger charge is 2.18. The molecule has 2 unspecified atom stereocenters. The molecular formula is C9H18O5. The summed E-state index contributed by atoms with van der Waals surface area (Å²) in [5.41, 5.74) is 0. The highest BCUT2D eigenvalue weighted by atomic mass is 16.6. The Kier molecular flexibility index (Phi) is 7.37. The summed E-state index contributed by atoms with van der Waals surface area (Å²) in [7, 11) is 1.57. The Hall–Kier alpha value is -0.650. The van der Waals surface area contributed by atoms with Gasteiger partial charge >= 0.3 is 5.97 Å². The maximum Gasteiger partial charge on any atom is 0.335 e. The number of ether oxygens (including phenoxy) is 3. The van der Waals surface area contributed by atoms with E-state index in [0.717, 1.165) is 0 Å². The summed E-state index contributed by atoms with van der Waals surface area (Å²) in [5.74, 6) is -1.00. The zero-order valence-electron chi connectivity index (χ0n) is 8.86. The lowest BCUT2D eigenvalue weighted by Crippen LogP contribution is -2.31. The molecule has 0 rings (SSSR count). The summed E-state index contributed by atoms with van der Waals surface area (Å²) in [5, 5.41) is 8.71. The number of carbonyl (C=O) groups is 1. The van der Waals surface area contributed by atoms with Gasteiger partial charge in [0, 0.05) is 13.7 Å². The molecule has 0 saturated heterocycles. The summed E-state index contributed by atoms with van der Waals surface area (Å²) in [6.45, 7) is 4.41. The first kappa shape index (κ1) is 13.4. The molecule has 1 N–H and O–H groups in total. The van der Waals surface area contributed by atoms with Crippen molar-refractivity contribution in [3.63, 3.8) is 0 Å². The van der Waals surface area contributed by atoms with Gasteiger partial charge in [0.15, 0.2) is 6.10 Å². The second kappa shape index (κ2) is 7.73. The van der Waals surface area contributed by atoms with Crippen LogP contribution < -0.4 is 0 Å². The van der Waals surface area contributed by atoms with Crippen LogP contribution >= 0.6 is 0 Å². The quantitative estimate of drug-likeness (QED) is 0.627. The van der Waals surface area contributed by atoms with Crippen LogP contribution in [0.1, 0.15) is 13.8 Å². The fraction of sp³-hybridized carbons (Fsp3) is 0.889. The Morgan fingerprint density at radius 1 is 1.36 bits per heavy atom. The summed E-state index contributed by atoms with van der Waals surface area (Å²) < 4.78 is 15.0. The first-order valence-electron chi connectivity index (χ1n) is 4.56. The third-order valence-electron chi connectivity index (χ3n) is 1.58. The van der Waals surface area contributed by atoms with Gasteiger partial charge in [0.2, 0.25) is 0 Å². The van der Waals surface area contributed by atoms with Crippen LogP contribution in [-0.4, -0.2) is 50.2 Å². The van der Waals surface area contributed by atoms with Crippen molar-refractivity contribution in [3.05, 3.63) is 0 Å². The Balaban J connectivity index is 3.75. The van der Waals surface area contributed by atoms with E-state index in [0.29, 0.717) is 13.2 Å². The average Bonchev–Trinajstić information content (AvgIpc) is 2.12. The van der Waals surface area contributed by atoms with Crippen LogP contribution in [0.5, 0.6) is 0 Å². The molecule has 0 radical (unpaired) electrons. The van der Waals surface area contributed by atoms with E-state index in [1.807, 2.05) is 6.92 Å². The third-order valence-corrected chi connectivity index (χ3v) is 1.58. The number of hydrogen-bond donors (Lipinski definition) is 1. The first-order chi connectivity index (χ1) is 6.61. The van der Waals surface area contributed by atoms with Crippen molar-refractivity contribution in [3.8, 4) is 0 Å². The zero-order chi connectivity index (χ0) is 11.0. The van der Waals surface area contributed by atoms with Gasteiger partial charge in [-0.2, -0.15) is 0 Å². The Labute approximate surface area is 84.0 Å². The number of hydrogen-bond acceptors (Lipinski definition) is 4. The minimum atomic E-state index is -1.00. The van der Waals surface area contributed by atoms with Gasteiger partial charge in [0.1, 0.15) is 0 Å². The number of aliphatic carboxylic acids is 1. The molecule has 0 aromatic rings. The van der Waals surface area contributed by atoms with Crippen molar-refractivity contribution in [1.29, 1.82) is 0 Å². The highest BCUT2D eigenvalue weighted by molar-refractivity contribution is 5.72. The molecule has 2 atom stereocenters. The van der Waals surface area contributed by atoms with Gasteiger partial charge in [0.05, 0.1) is 19.3 Å². The van der Waals surface area contributed by atoms with Gasteiger partial charge in [-0.25, -0.2) is 4.79 Å². The topological polar surface area (TPSA) is 65.0 Å². The summed E-state index contributed by atoms with van der Waals surface area (Å²) in [6.07, 6.45) is -1.01. The number of carboxylic acids is 1. The van der Waals surface area contributed by atoms with Gasteiger partial charge in [-0.15, -0.1) is 0 Å². The normalized spacial score (nSPS) is 15.1. The monoisotopic (exact) mass is 206 g/mol. The summed E-state index contributed by atoms with van der Waals surface area (Å²) >= 11 is 0. The molecule has 0 amide bonds. The van der Waals surface area contributed by atoms with Crippen LogP contribution in [0.15, 0.2) is 0 Å². The van der Waals surface area contributed by atoms with Crippen molar-refractivity contribution in [2.45, 2.75) is 26.1 Å². The Bertz CT molecular complexity index is 159. The van der Waals surface area contributed by atoms with E-state index in [9.17, 15) is 4.79 Å². The van der Waals surface area contributed by atoms with E-state index in [4.69, 9.17) is 19.3 Å². The fourth-order valence-corrected chi connectivity index (χ4v) is 0.926. The molecule has 0 aliphatic rings. The molecular weight excluding hydrogens is 188 g/mol. The lowest BCUT2D eigenvalue weighted by atomic mass is 10.3. The second-order valence-electron chi connectivity index (χ2n) is 2.88. The van der Waals surface area contributed by atoms with Crippen molar-refractivity contribution >= 4 is 5.97 Å². The predicted molar refractivity (Wildman–Crippen MR) is 50.3 cm³/mol. The van der Waals surface area contributed by atoms with E-state index in [1.165, 1.54) is 0 Å². The van der Waals surface area contributed by atoms with Crippen LogP contribution in [0, 0.1) is 0 Å². The molecule has 0 spiro atoms. The van der Waals surface area contributed by atoms with E-state index in [2.05, 4.69) is 0 Å². The van der Waals surface area contributed by atoms with Crippen LogP contribution in [0.2, 0.25) is 0 Å². The smallest absolute Gasteiger partial charge is 0.335 e. The minimum absolute atomic E-state index is 0.0493. The Morgan fingerprint density at radius 3 is 2.43 bits per heavy atom. The molecule has 0 aliphatic carbocycles. The first-order valence-corrected chi connectivity index (χ1v) is 4.56. The molecule has 0 aliphatic heterocycles. The van der Waals surface area contributed by atoms with Gasteiger partial charge in [-0.3, -0.25) is 0 Å². The maximum absolute atomic E-state index is 10.6. The molecule has 0 fully saturated rings. The molecule has 14 heavy (non-hydrogen) atoms. The van der Waals surface area contributed by atoms with E-state index in [-0.39, 0.29) is 12.7 Å². The molecule has 0 heterocycles. The van der Waals surface area contributed by atoms with Crippen LogP contribution in [0.4, 0.5) is 0 Å². The van der Waals surface area contributed by atoms with Crippen molar-refractivity contribution in [2.75, 3.05) is 26.9 Å². The third kappa shape index (κ3) is 5.90. The summed E-state index contributed by atoms with van der Waals surface area (Å²) in [4.78, 5) is 10.6. The molecule has 5 nitrogen and oxygen atoms in total. The molecule has 0 saturated carbocycles. The predicted octanol–water partition coefficient (Wildman–Crippen LogP) is 0.528. The maximum atomic E-state index is 10.6. The standard InChI is InChI=1S/C9H18O5/c1-4-13-8(9(10)11)6-14-7(2)5-12-3/h7-8H,4-6H2,1-3H3,(H,10,11). The molecule has 5 heteroatoms. The van der Waals surface area contributed by atoms with E-state index >= 15 is 0 Å². The van der Waals surface area contributed by atoms with Gasteiger partial charge in [-0.1, -0.05) is 0 Å². The van der Waals surface area contributed by atoms with Gasteiger partial charge < -0.3 is 19.3 Å². The summed E-state index contributed by atoms with van der Waals surface area (Å²) in [6, 6.07) is 0. The minimum Gasteiger partial charge on any atom is -0.479 e. The van der Waals surface area contributed by atoms with Gasteiger partial charge in [0.25, 0.3) is 0 Å². The fourth-order valence-electron chi connectivity index (χ4n) is 0.926. The van der Waals surface area contributed by atoms with Gasteiger partial charge in [-0.05, 0) is 13.8 Å². The lowest BCUT2D eigenvalue weighted by molar-refractivity contribution is -0.156. The molecule has 84 valence electrons. The van der Waals surface area contributed by atoms with Crippen LogP contribution in [0.3, 0.4) is 0 Å². The van der Waals surface area contributed by atoms with Crippen molar-refractivity contribution < 1.29 is 24.1 Å². The lowest BCUT2D eigenvalue weighted by Gasteiger charge is -2.16. The molecule has 0 aromatic heterocycles. The Morgan fingerprint density at radius 2 is 2.00 bits per heavy atom.